The molecule has 0 bridgehead atoms. The number of anilines is 1. The van der Waals surface area contributed by atoms with E-state index in [1.165, 1.54) is 12.1 Å². The van der Waals surface area contributed by atoms with E-state index in [4.69, 9.17) is 14.5 Å². The normalized spacial score (nSPS) is 20.0. The van der Waals surface area contributed by atoms with E-state index >= 15 is 0 Å². The van der Waals surface area contributed by atoms with Crippen molar-refractivity contribution >= 4 is 22.8 Å². The number of nitrogens with one attached hydrogen (secondary N) is 1. The molecule has 0 saturated carbocycles. The van der Waals surface area contributed by atoms with Gasteiger partial charge < -0.3 is 29.2 Å². The molecule has 5 heterocycles. The van der Waals surface area contributed by atoms with Gasteiger partial charge in [0, 0.05) is 44.8 Å². The number of hydrogen-bond donors (Lipinski definition) is 1. The van der Waals surface area contributed by atoms with Crippen molar-refractivity contribution in [1.29, 1.82) is 0 Å². The molecule has 0 unspecified atom stereocenters. The molecule has 6 rings (SSSR count). The Labute approximate surface area is 259 Å². The van der Waals surface area contributed by atoms with E-state index in [1.807, 2.05) is 11.0 Å². The van der Waals surface area contributed by atoms with Crippen LogP contribution in [-0.2, 0) is 32.6 Å². The van der Waals surface area contributed by atoms with Crippen LogP contribution in [0.4, 0.5) is 23.4 Å². The van der Waals surface area contributed by atoms with Crippen LogP contribution in [0.2, 0.25) is 0 Å². The van der Waals surface area contributed by atoms with Crippen LogP contribution in [0.3, 0.4) is 0 Å². The largest absolute Gasteiger partial charge is 0.419 e. The summed E-state index contributed by atoms with van der Waals surface area (Å²) in [6.45, 7) is 8.99. The first kappa shape index (κ1) is 31.7. The van der Waals surface area contributed by atoms with Crippen LogP contribution in [0.15, 0.2) is 24.3 Å². The number of rotatable bonds is 7. The lowest BCUT2D eigenvalue weighted by molar-refractivity contribution is -0.148. The molecule has 244 valence electrons. The van der Waals surface area contributed by atoms with Crippen molar-refractivity contribution in [3.8, 4) is 0 Å². The summed E-state index contributed by atoms with van der Waals surface area (Å²) >= 11 is 0. The molecule has 3 aliphatic rings. The first-order valence-electron chi connectivity index (χ1n) is 15.7. The second-order valence-corrected chi connectivity index (χ2v) is 12.4. The number of alkyl halides is 3. The molecule has 1 spiro atoms. The highest BCUT2D eigenvalue weighted by Crippen LogP contribution is 2.43. The highest BCUT2D eigenvalue weighted by molar-refractivity contribution is 5.89. The van der Waals surface area contributed by atoms with E-state index < -0.39 is 29.2 Å². The Morgan fingerprint density at radius 2 is 1.89 bits per heavy atom. The Morgan fingerprint density at radius 3 is 2.58 bits per heavy atom. The standard InChI is InChI=1S/C32H40F4N6O3/c1-20(23-5-4-6-25(27(23)33)32(34,35)36)37-28-24-19-26-31(45-18-16-42(26)29(24)39-21(2)38-28)9-13-41(14-10-31)30(43)22-7-11-40(12-8-22)15-17-44-3/h4-6,19-20,22H,7-18H2,1-3H3,(H,37,38,39)/t20-/m1/s1. The quantitative estimate of drug-likeness (QED) is 0.355. The third-order valence-corrected chi connectivity index (χ3v) is 9.61. The number of hydrogen-bond acceptors (Lipinski definition) is 7. The molecular weight excluding hydrogens is 592 g/mol. The summed E-state index contributed by atoms with van der Waals surface area (Å²) in [6.07, 6.45) is -1.81. The van der Waals surface area contributed by atoms with Gasteiger partial charge in [-0.1, -0.05) is 12.1 Å². The Balaban J connectivity index is 1.21. The molecule has 2 aromatic heterocycles. The number of aryl methyl sites for hydroxylation is 1. The number of methoxy groups -OCH3 is 1. The molecule has 1 amide bonds. The second-order valence-electron chi connectivity index (χ2n) is 12.4. The molecule has 45 heavy (non-hydrogen) atoms. The molecule has 1 aromatic carbocycles. The number of carbonyl (C=O) groups excluding carboxylic acids is 1. The van der Waals surface area contributed by atoms with E-state index in [-0.39, 0.29) is 17.4 Å². The lowest BCUT2D eigenvalue weighted by Crippen LogP contribution is -2.51. The fraction of sp³-hybridized carbons (Fsp3) is 0.594. The lowest BCUT2D eigenvalue weighted by atomic mass is 9.85. The van der Waals surface area contributed by atoms with Crippen LogP contribution in [0, 0.1) is 18.7 Å². The molecule has 1 atom stereocenters. The highest BCUT2D eigenvalue weighted by atomic mass is 19.4. The summed E-state index contributed by atoms with van der Waals surface area (Å²) in [6, 6.07) is 4.49. The van der Waals surface area contributed by atoms with Gasteiger partial charge in [-0.3, -0.25) is 4.79 Å². The third-order valence-electron chi connectivity index (χ3n) is 9.61. The van der Waals surface area contributed by atoms with Crippen molar-refractivity contribution in [2.75, 3.05) is 58.4 Å². The molecule has 2 fully saturated rings. The highest BCUT2D eigenvalue weighted by Gasteiger charge is 2.44. The number of carbonyl (C=O) groups is 1. The number of halogens is 4. The fourth-order valence-corrected chi connectivity index (χ4v) is 7.11. The van der Waals surface area contributed by atoms with Gasteiger partial charge in [0.1, 0.15) is 28.7 Å². The summed E-state index contributed by atoms with van der Waals surface area (Å²) in [5, 5.41) is 3.85. The van der Waals surface area contributed by atoms with Gasteiger partial charge in [0.2, 0.25) is 5.91 Å². The minimum absolute atomic E-state index is 0.0344. The van der Waals surface area contributed by atoms with Gasteiger partial charge >= 0.3 is 6.18 Å². The van der Waals surface area contributed by atoms with Crippen LogP contribution in [0.1, 0.15) is 61.3 Å². The number of piperidine rings is 2. The summed E-state index contributed by atoms with van der Waals surface area (Å²) in [4.78, 5) is 27.1. The van der Waals surface area contributed by atoms with Gasteiger partial charge in [0.05, 0.1) is 35.9 Å². The first-order valence-corrected chi connectivity index (χ1v) is 15.7. The van der Waals surface area contributed by atoms with Gasteiger partial charge in [-0.25, -0.2) is 14.4 Å². The maximum atomic E-state index is 15.0. The number of fused-ring (bicyclic) bond motifs is 4. The first-order chi connectivity index (χ1) is 21.5. The van der Waals surface area contributed by atoms with E-state index in [9.17, 15) is 22.4 Å². The Hall–Kier alpha value is -3.29. The van der Waals surface area contributed by atoms with Crippen LogP contribution < -0.4 is 5.32 Å². The Kier molecular flexibility index (Phi) is 8.79. The molecule has 13 heteroatoms. The number of benzene rings is 1. The number of likely N-dealkylation sites (tertiary alicyclic amines) is 2. The molecule has 3 aliphatic heterocycles. The summed E-state index contributed by atoms with van der Waals surface area (Å²) < 4.78 is 68.9. The molecule has 1 N–H and O–H groups in total. The van der Waals surface area contributed by atoms with Crippen molar-refractivity contribution in [2.24, 2.45) is 5.92 Å². The predicted molar refractivity (Wildman–Crippen MR) is 160 cm³/mol. The lowest BCUT2D eigenvalue weighted by Gasteiger charge is -2.45. The molecule has 9 nitrogen and oxygen atoms in total. The van der Waals surface area contributed by atoms with Crippen LogP contribution >= 0.6 is 0 Å². The van der Waals surface area contributed by atoms with Gasteiger partial charge in [0.15, 0.2) is 0 Å². The fourth-order valence-electron chi connectivity index (χ4n) is 7.11. The SMILES string of the molecule is COCCN1CCC(C(=O)N2CCC3(CC2)OCCn2c3cc3c(N[C@H](C)c4cccc(C(F)(F)F)c4F)nc(C)nc32)CC1. The summed E-state index contributed by atoms with van der Waals surface area (Å²) in [5.41, 5.74) is -0.353. The molecule has 3 aromatic rings. The van der Waals surface area contributed by atoms with Crippen LogP contribution in [-0.4, -0.2) is 83.3 Å². The third kappa shape index (κ3) is 6.14. The topological polar surface area (TPSA) is 84.8 Å². The average Bonchev–Trinajstić information content (AvgIpc) is 3.40. The maximum Gasteiger partial charge on any atom is 0.419 e. The van der Waals surface area contributed by atoms with E-state index in [0.29, 0.717) is 68.4 Å². The van der Waals surface area contributed by atoms with Crippen LogP contribution in [0.25, 0.3) is 11.0 Å². The second kappa shape index (κ2) is 12.5. The van der Waals surface area contributed by atoms with Crippen molar-refractivity contribution in [1.82, 2.24) is 24.3 Å². The monoisotopic (exact) mass is 632 g/mol. The number of ether oxygens (including phenoxy) is 2. The molecule has 0 aliphatic carbocycles. The van der Waals surface area contributed by atoms with Gasteiger partial charge in [-0.2, -0.15) is 13.2 Å². The van der Waals surface area contributed by atoms with Gasteiger partial charge in [-0.15, -0.1) is 0 Å². The maximum absolute atomic E-state index is 15.0. The van der Waals surface area contributed by atoms with Crippen molar-refractivity contribution in [2.45, 2.75) is 63.9 Å². The zero-order chi connectivity index (χ0) is 31.9. The molecule has 0 radical (unpaired) electrons. The van der Waals surface area contributed by atoms with E-state index in [2.05, 4.69) is 19.8 Å². The Bertz CT molecular complexity index is 1540. The smallest absolute Gasteiger partial charge is 0.383 e. The Morgan fingerprint density at radius 1 is 1.16 bits per heavy atom. The van der Waals surface area contributed by atoms with Crippen LogP contribution in [0.5, 0.6) is 0 Å². The summed E-state index contributed by atoms with van der Waals surface area (Å²) in [5.74, 6) is -0.142. The van der Waals surface area contributed by atoms with Crippen molar-refractivity contribution < 1.29 is 31.8 Å². The van der Waals surface area contributed by atoms with Crippen molar-refractivity contribution in [3.63, 3.8) is 0 Å². The molecular formula is C32H40F4N6O3. The number of aromatic nitrogens is 3. The van der Waals surface area contributed by atoms with Crippen molar-refractivity contribution in [3.05, 3.63) is 52.7 Å². The van der Waals surface area contributed by atoms with Gasteiger partial charge in [0.25, 0.3) is 0 Å². The molecule has 2 saturated heterocycles. The average molecular weight is 633 g/mol. The predicted octanol–water partition coefficient (Wildman–Crippen LogP) is 5.28. The minimum atomic E-state index is -4.80. The minimum Gasteiger partial charge on any atom is -0.383 e. The summed E-state index contributed by atoms with van der Waals surface area (Å²) in [7, 11) is 1.70. The zero-order valence-electron chi connectivity index (χ0n) is 25.9. The number of nitrogens with zero attached hydrogens (tertiary/aromatic N) is 5. The number of amides is 1. The zero-order valence-corrected chi connectivity index (χ0v) is 25.9. The van der Waals surface area contributed by atoms with E-state index in [1.54, 1.807) is 21.0 Å². The van der Waals surface area contributed by atoms with Gasteiger partial charge in [-0.05, 0) is 64.8 Å². The van der Waals surface area contributed by atoms with E-state index in [0.717, 1.165) is 44.2 Å².